The Morgan fingerprint density at radius 3 is 2.96 bits per heavy atom. The van der Waals surface area contributed by atoms with Gasteiger partial charge in [0.2, 0.25) is 0 Å². The van der Waals surface area contributed by atoms with Gasteiger partial charge in [0.1, 0.15) is 0 Å². The number of benzene rings is 2. The molecule has 1 aliphatic rings. The van der Waals surface area contributed by atoms with E-state index in [9.17, 15) is 4.79 Å². The van der Waals surface area contributed by atoms with Gasteiger partial charge in [-0.1, -0.05) is 34.1 Å². The fourth-order valence-corrected chi connectivity index (χ4v) is 4.00. The smallest absolute Gasteiger partial charge is 0.319 e. The lowest BCUT2D eigenvalue weighted by molar-refractivity contribution is 0.251. The predicted molar refractivity (Wildman–Crippen MR) is 99.0 cm³/mol. The highest BCUT2D eigenvalue weighted by Gasteiger charge is 2.32. The molecule has 1 atom stereocenters. The molecular formula is C19H16BrN3O. The Kier molecular flexibility index (Phi) is 3.73. The molecule has 0 saturated carbocycles. The molecule has 0 bridgehead atoms. The van der Waals surface area contributed by atoms with Gasteiger partial charge in [0.25, 0.3) is 0 Å². The second kappa shape index (κ2) is 5.91. The summed E-state index contributed by atoms with van der Waals surface area (Å²) in [7, 11) is 0. The van der Waals surface area contributed by atoms with Gasteiger partial charge >= 0.3 is 6.03 Å². The lowest BCUT2D eigenvalue weighted by atomic mass is 10.0. The monoisotopic (exact) mass is 381 g/mol. The molecule has 5 heteroatoms. The second-order valence-corrected chi connectivity index (χ2v) is 6.90. The average molecular weight is 382 g/mol. The number of carbonyl (C=O) groups excluding carboxylic acids is 1. The Bertz CT molecular complexity index is 936. The number of nitrogens with zero attached hydrogens (tertiary/aromatic N) is 2. The molecule has 1 aromatic heterocycles. The Morgan fingerprint density at radius 2 is 2.12 bits per heavy atom. The number of halogens is 1. The quantitative estimate of drug-likeness (QED) is 0.706. The van der Waals surface area contributed by atoms with Crippen LogP contribution in [0.2, 0.25) is 0 Å². The summed E-state index contributed by atoms with van der Waals surface area (Å²) in [5.74, 6) is 0. The standard InChI is InChI=1S/C19H16BrN3O/c20-14-5-6-15-12(10-14)4-7-18(15)23(19(21)24)17-3-1-2-13-11-22-9-8-16(13)17/h1-3,5-6,8-11,18H,4,7H2,(H2,21,24). The van der Waals surface area contributed by atoms with Crippen molar-refractivity contribution >= 4 is 38.4 Å². The van der Waals surface area contributed by atoms with Crippen molar-refractivity contribution in [2.75, 3.05) is 4.90 Å². The van der Waals surface area contributed by atoms with Crippen LogP contribution >= 0.6 is 15.9 Å². The Morgan fingerprint density at radius 1 is 1.25 bits per heavy atom. The van der Waals surface area contributed by atoms with E-state index in [1.54, 1.807) is 17.3 Å². The average Bonchev–Trinajstić information content (AvgIpc) is 2.98. The second-order valence-electron chi connectivity index (χ2n) is 5.98. The molecule has 1 unspecified atom stereocenters. The SMILES string of the molecule is NC(=O)N(c1cccc2cnccc12)C1CCc2cc(Br)ccc21. The van der Waals surface area contributed by atoms with Gasteiger partial charge in [0, 0.05) is 27.6 Å². The first-order valence-corrected chi connectivity index (χ1v) is 8.64. The molecule has 0 aliphatic heterocycles. The first-order valence-electron chi connectivity index (χ1n) is 7.85. The van der Waals surface area contributed by atoms with Gasteiger partial charge in [-0.25, -0.2) is 4.79 Å². The number of carbonyl (C=O) groups is 1. The number of amides is 2. The third kappa shape index (κ3) is 2.45. The number of rotatable bonds is 2. The molecule has 0 spiro atoms. The molecule has 0 fully saturated rings. The summed E-state index contributed by atoms with van der Waals surface area (Å²) in [5.41, 5.74) is 9.06. The maximum Gasteiger partial charge on any atom is 0.319 e. The minimum Gasteiger partial charge on any atom is -0.351 e. The van der Waals surface area contributed by atoms with Crippen LogP contribution in [-0.2, 0) is 6.42 Å². The summed E-state index contributed by atoms with van der Waals surface area (Å²) in [5, 5.41) is 1.98. The number of nitrogens with two attached hydrogens (primary N) is 1. The van der Waals surface area contributed by atoms with Crippen molar-refractivity contribution in [3.05, 3.63) is 70.5 Å². The number of hydrogen-bond acceptors (Lipinski definition) is 2. The summed E-state index contributed by atoms with van der Waals surface area (Å²) in [6.45, 7) is 0. The number of anilines is 1. The summed E-state index contributed by atoms with van der Waals surface area (Å²) < 4.78 is 1.06. The number of aryl methyl sites for hydroxylation is 1. The van der Waals surface area contributed by atoms with E-state index in [0.29, 0.717) is 0 Å². The van der Waals surface area contributed by atoms with Crippen LogP contribution in [0.25, 0.3) is 10.8 Å². The van der Waals surface area contributed by atoms with Crippen molar-refractivity contribution in [1.29, 1.82) is 0 Å². The van der Waals surface area contributed by atoms with Gasteiger partial charge in [-0.3, -0.25) is 9.88 Å². The van der Waals surface area contributed by atoms with Gasteiger partial charge in [-0.05, 0) is 48.2 Å². The van der Waals surface area contributed by atoms with Crippen LogP contribution in [0.15, 0.2) is 59.3 Å². The van der Waals surface area contributed by atoms with E-state index < -0.39 is 6.03 Å². The van der Waals surface area contributed by atoms with Gasteiger partial charge < -0.3 is 5.73 Å². The van der Waals surface area contributed by atoms with Crippen molar-refractivity contribution < 1.29 is 4.79 Å². The lowest BCUT2D eigenvalue weighted by Gasteiger charge is -2.29. The Balaban J connectivity index is 1.86. The van der Waals surface area contributed by atoms with Gasteiger partial charge in [-0.15, -0.1) is 0 Å². The maximum absolute atomic E-state index is 12.3. The van der Waals surface area contributed by atoms with Gasteiger partial charge in [0.15, 0.2) is 0 Å². The van der Waals surface area contributed by atoms with Crippen LogP contribution in [0.3, 0.4) is 0 Å². The van der Waals surface area contributed by atoms with Crippen molar-refractivity contribution in [2.45, 2.75) is 18.9 Å². The minimum absolute atomic E-state index is 0.0376. The summed E-state index contributed by atoms with van der Waals surface area (Å²) in [6.07, 6.45) is 5.36. The van der Waals surface area contributed by atoms with Crippen LogP contribution in [0.4, 0.5) is 10.5 Å². The predicted octanol–water partition coefficient (Wildman–Crippen LogP) is 4.57. The molecule has 1 aliphatic carbocycles. The van der Waals surface area contributed by atoms with Crippen LogP contribution in [0.1, 0.15) is 23.6 Å². The zero-order chi connectivity index (χ0) is 16.7. The fourth-order valence-electron chi connectivity index (χ4n) is 3.59. The first-order chi connectivity index (χ1) is 11.6. The Hall–Kier alpha value is -2.40. The number of pyridine rings is 1. The van der Waals surface area contributed by atoms with E-state index in [0.717, 1.165) is 33.8 Å². The van der Waals surface area contributed by atoms with E-state index >= 15 is 0 Å². The van der Waals surface area contributed by atoms with Crippen LogP contribution < -0.4 is 10.6 Å². The van der Waals surface area contributed by atoms with Crippen LogP contribution in [-0.4, -0.2) is 11.0 Å². The van der Waals surface area contributed by atoms with Crippen molar-refractivity contribution in [3.8, 4) is 0 Å². The highest BCUT2D eigenvalue weighted by molar-refractivity contribution is 9.10. The lowest BCUT2D eigenvalue weighted by Crippen LogP contribution is -2.38. The van der Waals surface area contributed by atoms with Crippen molar-refractivity contribution in [3.63, 3.8) is 0 Å². The third-order valence-corrected chi connectivity index (χ3v) is 5.11. The molecule has 0 radical (unpaired) electrons. The number of primary amides is 1. The van der Waals surface area contributed by atoms with Crippen molar-refractivity contribution in [2.24, 2.45) is 5.73 Å². The van der Waals surface area contributed by atoms with Gasteiger partial charge in [0.05, 0.1) is 11.7 Å². The number of hydrogen-bond donors (Lipinski definition) is 1. The van der Waals surface area contributed by atoms with E-state index in [1.165, 1.54) is 11.1 Å². The number of fused-ring (bicyclic) bond motifs is 2. The highest BCUT2D eigenvalue weighted by Crippen LogP contribution is 2.41. The topological polar surface area (TPSA) is 59.2 Å². The molecular weight excluding hydrogens is 366 g/mol. The normalized spacial score (nSPS) is 16.1. The Labute approximate surface area is 148 Å². The van der Waals surface area contributed by atoms with E-state index in [4.69, 9.17) is 5.73 Å². The van der Waals surface area contributed by atoms with Crippen LogP contribution in [0.5, 0.6) is 0 Å². The van der Waals surface area contributed by atoms with E-state index in [1.807, 2.05) is 30.3 Å². The zero-order valence-corrected chi connectivity index (χ0v) is 14.5. The molecule has 120 valence electrons. The molecule has 4 nitrogen and oxygen atoms in total. The zero-order valence-electron chi connectivity index (χ0n) is 12.9. The van der Waals surface area contributed by atoms with Crippen LogP contribution in [0, 0.1) is 0 Å². The minimum atomic E-state index is -0.430. The maximum atomic E-state index is 12.3. The third-order valence-electron chi connectivity index (χ3n) is 4.62. The summed E-state index contributed by atoms with van der Waals surface area (Å²) in [4.78, 5) is 18.2. The first kappa shape index (κ1) is 15.1. The summed E-state index contributed by atoms with van der Waals surface area (Å²) >= 11 is 3.52. The fraction of sp³-hybridized carbons (Fsp3) is 0.158. The molecule has 3 aromatic rings. The molecule has 2 amide bonds. The highest BCUT2D eigenvalue weighted by atomic mass is 79.9. The molecule has 1 heterocycles. The summed E-state index contributed by atoms with van der Waals surface area (Å²) in [6, 6.07) is 13.6. The molecule has 2 N–H and O–H groups in total. The van der Waals surface area contributed by atoms with Gasteiger partial charge in [-0.2, -0.15) is 0 Å². The number of urea groups is 1. The molecule has 2 aromatic carbocycles. The largest absolute Gasteiger partial charge is 0.351 e. The molecule has 24 heavy (non-hydrogen) atoms. The number of aromatic nitrogens is 1. The molecule has 4 rings (SSSR count). The molecule has 0 saturated heterocycles. The van der Waals surface area contributed by atoms with E-state index in [2.05, 4.69) is 33.0 Å². The van der Waals surface area contributed by atoms with Crippen molar-refractivity contribution in [1.82, 2.24) is 4.98 Å². The van der Waals surface area contributed by atoms with E-state index in [-0.39, 0.29) is 6.04 Å².